The first-order valence-corrected chi connectivity index (χ1v) is 8.08. The fraction of sp³-hybridized carbons (Fsp3) is 0.600. The summed E-state index contributed by atoms with van der Waals surface area (Å²) in [5.41, 5.74) is 6.76. The van der Waals surface area contributed by atoms with Gasteiger partial charge in [-0.25, -0.2) is 0 Å². The van der Waals surface area contributed by atoms with Gasteiger partial charge in [-0.3, -0.25) is 0 Å². The quantitative estimate of drug-likeness (QED) is 0.785. The molecule has 1 aliphatic rings. The first-order valence-electron chi connectivity index (χ1n) is 6.93. The smallest absolute Gasteiger partial charge is 0.123 e. The van der Waals surface area contributed by atoms with Gasteiger partial charge >= 0.3 is 0 Å². The van der Waals surface area contributed by atoms with Crippen LogP contribution in [0, 0.1) is 0 Å². The lowest BCUT2D eigenvalue weighted by molar-refractivity contribution is 0.0524. The molecule has 0 spiro atoms. The number of benzene rings is 1. The highest BCUT2D eigenvalue weighted by molar-refractivity contribution is 7.99. The Morgan fingerprint density at radius 3 is 3.00 bits per heavy atom. The molecule has 0 radical (unpaired) electrons. The summed E-state index contributed by atoms with van der Waals surface area (Å²) < 4.78 is 5.68. The van der Waals surface area contributed by atoms with Crippen molar-refractivity contribution in [1.29, 1.82) is 0 Å². The Bertz CT molecular complexity index is 413. The number of aliphatic hydroxyl groups is 1. The van der Waals surface area contributed by atoms with Crippen molar-refractivity contribution in [2.45, 2.75) is 31.3 Å². The second kappa shape index (κ2) is 6.64. The van der Waals surface area contributed by atoms with Gasteiger partial charge in [-0.05, 0) is 30.4 Å². The Hall–Kier alpha value is -0.710. The molecule has 3 N–H and O–H groups in total. The van der Waals surface area contributed by atoms with E-state index < -0.39 is 6.10 Å². The molecule has 1 aliphatic heterocycles. The lowest BCUT2D eigenvalue weighted by atomic mass is 9.71. The molecule has 0 bridgehead atoms. The highest BCUT2D eigenvalue weighted by Crippen LogP contribution is 2.41. The summed E-state index contributed by atoms with van der Waals surface area (Å²) in [4.78, 5) is 0. The van der Waals surface area contributed by atoms with Crippen LogP contribution in [0.3, 0.4) is 0 Å². The standard InChI is InChI=1S/C15H23NO2S/c1-2-19-10-7-14(17)15(11-16)8-9-18-13-6-4-3-5-12(13)15/h3-6,14,17H,2,7-11,16H2,1H3. The van der Waals surface area contributed by atoms with E-state index in [4.69, 9.17) is 10.5 Å². The highest BCUT2D eigenvalue weighted by Gasteiger charge is 2.42. The molecule has 2 rings (SSSR count). The molecule has 0 fully saturated rings. The minimum Gasteiger partial charge on any atom is -0.493 e. The van der Waals surface area contributed by atoms with E-state index in [9.17, 15) is 5.11 Å². The maximum atomic E-state index is 10.6. The molecule has 0 aromatic heterocycles. The molecule has 0 aliphatic carbocycles. The second-order valence-corrected chi connectivity index (χ2v) is 6.35. The highest BCUT2D eigenvalue weighted by atomic mass is 32.2. The average molecular weight is 281 g/mol. The SMILES string of the molecule is CCSCCC(O)C1(CN)CCOc2ccccc21. The zero-order chi connectivity index (χ0) is 13.7. The second-order valence-electron chi connectivity index (χ2n) is 4.96. The fourth-order valence-corrected chi connectivity index (χ4v) is 3.47. The molecular weight excluding hydrogens is 258 g/mol. The molecule has 1 aromatic rings. The van der Waals surface area contributed by atoms with Gasteiger partial charge in [0.1, 0.15) is 5.75 Å². The van der Waals surface area contributed by atoms with Gasteiger partial charge in [-0.15, -0.1) is 0 Å². The summed E-state index contributed by atoms with van der Waals surface area (Å²) in [6.07, 6.45) is 1.17. The molecule has 0 amide bonds. The molecular formula is C15H23NO2S. The molecule has 1 heterocycles. The van der Waals surface area contributed by atoms with Gasteiger partial charge in [0.05, 0.1) is 12.7 Å². The summed E-state index contributed by atoms with van der Waals surface area (Å²) in [5.74, 6) is 2.94. The van der Waals surface area contributed by atoms with Gasteiger partial charge in [0.25, 0.3) is 0 Å². The molecule has 2 unspecified atom stereocenters. The average Bonchev–Trinajstić information content (AvgIpc) is 2.46. The van der Waals surface area contributed by atoms with Crippen LogP contribution in [0.25, 0.3) is 0 Å². The molecule has 0 saturated heterocycles. The molecule has 0 saturated carbocycles. The minimum atomic E-state index is -0.401. The van der Waals surface area contributed by atoms with Crippen molar-refractivity contribution in [3.63, 3.8) is 0 Å². The number of hydrogen-bond donors (Lipinski definition) is 2. The number of ether oxygens (including phenoxy) is 1. The molecule has 4 heteroatoms. The molecule has 106 valence electrons. The van der Waals surface area contributed by atoms with Gasteiger partial charge < -0.3 is 15.6 Å². The van der Waals surface area contributed by atoms with Crippen molar-refractivity contribution in [3.05, 3.63) is 29.8 Å². The van der Waals surface area contributed by atoms with Crippen molar-refractivity contribution >= 4 is 11.8 Å². The van der Waals surface area contributed by atoms with Crippen LogP contribution in [0.15, 0.2) is 24.3 Å². The van der Waals surface area contributed by atoms with Crippen LogP contribution >= 0.6 is 11.8 Å². The van der Waals surface area contributed by atoms with Crippen molar-refractivity contribution in [3.8, 4) is 5.75 Å². The van der Waals surface area contributed by atoms with Crippen molar-refractivity contribution in [2.75, 3.05) is 24.7 Å². The molecule has 2 atom stereocenters. The van der Waals surface area contributed by atoms with Crippen molar-refractivity contribution in [2.24, 2.45) is 5.73 Å². The Morgan fingerprint density at radius 2 is 2.26 bits per heavy atom. The summed E-state index contributed by atoms with van der Waals surface area (Å²) in [6.45, 7) is 3.23. The third-order valence-corrected chi connectivity index (χ3v) is 4.90. The lowest BCUT2D eigenvalue weighted by Crippen LogP contribution is -2.49. The van der Waals surface area contributed by atoms with Crippen molar-refractivity contribution in [1.82, 2.24) is 0 Å². The zero-order valence-corrected chi connectivity index (χ0v) is 12.3. The van der Waals surface area contributed by atoms with E-state index in [1.807, 2.05) is 36.0 Å². The monoisotopic (exact) mass is 281 g/mol. The number of nitrogens with two attached hydrogens (primary N) is 1. The summed E-state index contributed by atoms with van der Waals surface area (Å²) >= 11 is 1.86. The van der Waals surface area contributed by atoms with Crippen LogP contribution in [0.5, 0.6) is 5.75 Å². The van der Waals surface area contributed by atoms with E-state index in [0.29, 0.717) is 13.2 Å². The predicted octanol–water partition coefficient (Wildman–Crippen LogP) is 2.17. The van der Waals surface area contributed by atoms with E-state index in [1.165, 1.54) is 0 Å². The van der Waals surface area contributed by atoms with Gasteiger partial charge in [0.15, 0.2) is 0 Å². The molecule has 1 aromatic carbocycles. The fourth-order valence-electron chi connectivity index (χ4n) is 2.79. The summed E-state index contributed by atoms with van der Waals surface area (Å²) in [7, 11) is 0. The maximum absolute atomic E-state index is 10.6. The number of aliphatic hydroxyl groups excluding tert-OH is 1. The predicted molar refractivity (Wildman–Crippen MR) is 80.9 cm³/mol. The Balaban J connectivity index is 2.23. The Labute approximate surface area is 119 Å². The first-order chi connectivity index (χ1) is 9.24. The van der Waals surface area contributed by atoms with E-state index in [-0.39, 0.29) is 5.41 Å². The molecule has 19 heavy (non-hydrogen) atoms. The topological polar surface area (TPSA) is 55.5 Å². The van der Waals surface area contributed by atoms with Crippen LogP contribution in [0.1, 0.15) is 25.3 Å². The summed E-state index contributed by atoms with van der Waals surface area (Å²) in [5, 5.41) is 10.6. The largest absolute Gasteiger partial charge is 0.493 e. The van der Waals surface area contributed by atoms with Gasteiger partial charge in [0, 0.05) is 17.5 Å². The van der Waals surface area contributed by atoms with Gasteiger partial charge in [-0.1, -0.05) is 25.1 Å². The minimum absolute atomic E-state index is 0.344. The number of thioether (sulfide) groups is 1. The Kier molecular flexibility index (Phi) is 5.13. The van der Waals surface area contributed by atoms with Crippen LogP contribution < -0.4 is 10.5 Å². The van der Waals surface area contributed by atoms with E-state index in [1.54, 1.807) is 0 Å². The Morgan fingerprint density at radius 1 is 1.47 bits per heavy atom. The first kappa shape index (κ1) is 14.7. The van der Waals surface area contributed by atoms with Crippen LogP contribution in [0.2, 0.25) is 0 Å². The number of para-hydroxylation sites is 1. The van der Waals surface area contributed by atoms with Crippen LogP contribution in [-0.2, 0) is 5.41 Å². The third-order valence-electron chi connectivity index (χ3n) is 3.97. The van der Waals surface area contributed by atoms with Gasteiger partial charge in [-0.2, -0.15) is 11.8 Å². The number of hydrogen-bond acceptors (Lipinski definition) is 4. The van der Waals surface area contributed by atoms with E-state index in [0.717, 1.165) is 35.7 Å². The van der Waals surface area contributed by atoms with Crippen LogP contribution in [-0.4, -0.2) is 35.9 Å². The number of rotatable bonds is 6. The summed E-state index contributed by atoms with van der Waals surface area (Å²) in [6, 6.07) is 7.96. The number of fused-ring (bicyclic) bond motifs is 1. The van der Waals surface area contributed by atoms with E-state index >= 15 is 0 Å². The maximum Gasteiger partial charge on any atom is 0.123 e. The van der Waals surface area contributed by atoms with Crippen LogP contribution in [0.4, 0.5) is 0 Å². The lowest BCUT2D eigenvalue weighted by Gasteiger charge is -2.41. The normalized spacial score (nSPS) is 23.5. The van der Waals surface area contributed by atoms with Crippen molar-refractivity contribution < 1.29 is 9.84 Å². The third kappa shape index (κ3) is 2.91. The molecule has 3 nitrogen and oxygen atoms in total. The zero-order valence-electron chi connectivity index (χ0n) is 11.5. The van der Waals surface area contributed by atoms with E-state index in [2.05, 4.69) is 6.92 Å². The van der Waals surface area contributed by atoms with Gasteiger partial charge in [0.2, 0.25) is 0 Å².